The van der Waals surface area contributed by atoms with E-state index in [-0.39, 0.29) is 18.1 Å². The van der Waals surface area contributed by atoms with Gasteiger partial charge in [-0.25, -0.2) is 14.8 Å². The summed E-state index contributed by atoms with van der Waals surface area (Å²) in [7, 11) is 0. The van der Waals surface area contributed by atoms with Crippen LogP contribution in [0.3, 0.4) is 0 Å². The lowest BCUT2D eigenvalue weighted by Crippen LogP contribution is -2.10. The number of imidazole rings is 1. The number of ether oxygens (including phenoxy) is 1. The second kappa shape index (κ2) is 4.64. The number of nitrogen functional groups attached to an aromatic ring is 1. The third-order valence-electron chi connectivity index (χ3n) is 2.13. The summed E-state index contributed by atoms with van der Waals surface area (Å²) in [6.07, 6.45) is 2.86. The number of esters is 1. The molecule has 0 saturated heterocycles. The summed E-state index contributed by atoms with van der Waals surface area (Å²) in [6.45, 7) is 2.38. The fourth-order valence-electron chi connectivity index (χ4n) is 1.34. The molecule has 0 atom stereocenters. The Hall–Kier alpha value is -2.38. The number of nitrogens with one attached hydrogen (secondary N) is 1. The minimum absolute atomic E-state index is 0.117. The van der Waals surface area contributed by atoms with Crippen LogP contribution in [0.15, 0.2) is 12.7 Å². The first-order valence-corrected chi connectivity index (χ1v) is 5.04. The van der Waals surface area contributed by atoms with E-state index >= 15 is 0 Å². The van der Waals surface area contributed by atoms with Crippen LogP contribution in [0.25, 0.3) is 0 Å². The molecule has 0 aliphatic rings. The number of carbonyl (C=O) groups is 1. The molecule has 0 aromatic carbocycles. The van der Waals surface area contributed by atoms with E-state index in [1.165, 1.54) is 12.7 Å². The molecule has 2 aromatic rings. The third kappa shape index (κ3) is 2.25. The molecule has 0 fully saturated rings. The first-order valence-electron chi connectivity index (χ1n) is 5.04. The van der Waals surface area contributed by atoms with E-state index in [4.69, 9.17) is 10.5 Å². The first kappa shape index (κ1) is 11.1. The monoisotopic (exact) mass is 236 g/mol. The normalized spacial score (nSPS) is 10.4. The van der Waals surface area contributed by atoms with Crippen LogP contribution in [-0.4, -0.2) is 37.3 Å². The third-order valence-corrected chi connectivity index (χ3v) is 2.13. The lowest BCUT2D eigenvalue weighted by molar-refractivity contribution is 0.0521. The van der Waals surface area contributed by atoms with Crippen LogP contribution in [0.1, 0.15) is 23.2 Å². The van der Waals surface area contributed by atoms with Crippen molar-refractivity contribution in [2.45, 2.75) is 13.5 Å². The van der Waals surface area contributed by atoms with Crippen LogP contribution in [-0.2, 0) is 11.3 Å². The second-order valence-corrected chi connectivity index (χ2v) is 3.26. The van der Waals surface area contributed by atoms with Crippen LogP contribution < -0.4 is 5.73 Å². The molecular formula is C9H12N6O2. The maximum Gasteiger partial charge on any atom is 0.360 e. The van der Waals surface area contributed by atoms with Crippen molar-refractivity contribution in [2.24, 2.45) is 0 Å². The molecule has 0 unspecified atom stereocenters. The molecular weight excluding hydrogens is 224 g/mol. The minimum Gasteiger partial charge on any atom is -0.461 e. The van der Waals surface area contributed by atoms with Crippen molar-refractivity contribution < 1.29 is 9.53 Å². The Bertz CT molecular complexity index is 504. The number of nitrogens with two attached hydrogens (primary N) is 1. The van der Waals surface area contributed by atoms with Crippen molar-refractivity contribution in [3.05, 3.63) is 24.2 Å². The van der Waals surface area contributed by atoms with E-state index in [9.17, 15) is 4.79 Å². The molecule has 0 aliphatic carbocycles. The van der Waals surface area contributed by atoms with Crippen LogP contribution in [0.2, 0.25) is 0 Å². The molecule has 90 valence electrons. The Morgan fingerprint density at radius 3 is 3.06 bits per heavy atom. The average molecular weight is 236 g/mol. The maximum absolute atomic E-state index is 11.5. The summed E-state index contributed by atoms with van der Waals surface area (Å²) in [6, 6.07) is 0. The molecule has 0 radical (unpaired) electrons. The van der Waals surface area contributed by atoms with Crippen molar-refractivity contribution >= 4 is 11.8 Å². The molecule has 0 aliphatic heterocycles. The summed E-state index contributed by atoms with van der Waals surface area (Å²) in [5.41, 5.74) is 5.91. The van der Waals surface area contributed by atoms with E-state index in [1.807, 2.05) is 0 Å². The molecule has 2 rings (SSSR count). The zero-order chi connectivity index (χ0) is 12.3. The number of carbonyl (C=O) groups excluding carboxylic acids is 1. The van der Waals surface area contributed by atoms with Crippen molar-refractivity contribution in [2.75, 3.05) is 12.3 Å². The largest absolute Gasteiger partial charge is 0.461 e. The summed E-state index contributed by atoms with van der Waals surface area (Å²) in [5, 5.41) is 6.41. The van der Waals surface area contributed by atoms with Gasteiger partial charge in [-0.05, 0) is 6.92 Å². The highest BCUT2D eigenvalue weighted by molar-refractivity contribution is 5.92. The van der Waals surface area contributed by atoms with Gasteiger partial charge >= 0.3 is 5.97 Å². The van der Waals surface area contributed by atoms with Gasteiger partial charge in [0, 0.05) is 0 Å². The zero-order valence-corrected chi connectivity index (χ0v) is 9.25. The van der Waals surface area contributed by atoms with E-state index < -0.39 is 5.97 Å². The fourth-order valence-corrected chi connectivity index (χ4v) is 1.34. The Morgan fingerprint density at radius 1 is 1.59 bits per heavy atom. The smallest absolute Gasteiger partial charge is 0.360 e. The van der Waals surface area contributed by atoms with Crippen LogP contribution in [0.4, 0.5) is 5.82 Å². The number of aromatic amines is 1. The molecule has 2 heterocycles. The number of aromatic nitrogens is 5. The summed E-state index contributed by atoms with van der Waals surface area (Å²) in [5.74, 6) is 0.352. The molecule has 0 amide bonds. The molecule has 2 aromatic heterocycles. The summed E-state index contributed by atoms with van der Waals surface area (Å²) < 4.78 is 6.42. The van der Waals surface area contributed by atoms with Crippen molar-refractivity contribution in [1.29, 1.82) is 0 Å². The molecule has 0 saturated carbocycles. The van der Waals surface area contributed by atoms with Gasteiger partial charge in [-0.2, -0.15) is 5.10 Å². The molecule has 0 bridgehead atoms. The quantitative estimate of drug-likeness (QED) is 0.711. The molecule has 8 nitrogen and oxygen atoms in total. The van der Waals surface area contributed by atoms with Gasteiger partial charge in [0.2, 0.25) is 0 Å². The van der Waals surface area contributed by atoms with Crippen LogP contribution in [0, 0.1) is 0 Å². The second-order valence-electron chi connectivity index (χ2n) is 3.26. The Labute approximate surface area is 96.8 Å². The van der Waals surface area contributed by atoms with Gasteiger partial charge in [-0.3, -0.25) is 5.10 Å². The van der Waals surface area contributed by atoms with Gasteiger partial charge in [0.25, 0.3) is 0 Å². The minimum atomic E-state index is -0.527. The average Bonchev–Trinajstić information content (AvgIpc) is 2.91. The predicted octanol–water partition coefficient (Wildman–Crippen LogP) is -0.192. The lowest BCUT2D eigenvalue weighted by Gasteiger charge is -2.03. The van der Waals surface area contributed by atoms with Crippen LogP contribution >= 0.6 is 0 Å². The number of hydrogen-bond acceptors (Lipinski definition) is 6. The number of rotatable bonds is 4. The molecule has 8 heteroatoms. The molecule has 0 spiro atoms. The van der Waals surface area contributed by atoms with E-state index in [2.05, 4.69) is 20.2 Å². The standard InChI is InChI=1S/C9H12N6O2/c1-2-17-9(16)7-8(10)15(5-12-7)3-6-11-4-13-14-6/h4-5H,2-3,10H2,1H3,(H,11,13,14). The van der Waals surface area contributed by atoms with Crippen molar-refractivity contribution in [3.63, 3.8) is 0 Å². The predicted molar refractivity (Wildman–Crippen MR) is 58.1 cm³/mol. The number of H-pyrrole nitrogens is 1. The van der Waals surface area contributed by atoms with Gasteiger partial charge in [-0.15, -0.1) is 0 Å². The SMILES string of the molecule is CCOC(=O)c1ncn(Cc2ncn[nH]2)c1N. The Kier molecular flexibility index (Phi) is 3.03. The molecule has 17 heavy (non-hydrogen) atoms. The zero-order valence-electron chi connectivity index (χ0n) is 9.25. The number of nitrogens with zero attached hydrogens (tertiary/aromatic N) is 4. The summed E-state index contributed by atoms with van der Waals surface area (Å²) >= 11 is 0. The van der Waals surface area contributed by atoms with E-state index in [0.29, 0.717) is 12.4 Å². The van der Waals surface area contributed by atoms with Gasteiger partial charge in [0.1, 0.15) is 18.0 Å². The fraction of sp³-hybridized carbons (Fsp3) is 0.333. The Balaban J connectivity index is 2.18. The summed E-state index contributed by atoms with van der Waals surface area (Å²) in [4.78, 5) is 19.3. The van der Waals surface area contributed by atoms with Gasteiger partial charge in [0.15, 0.2) is 5.69 Å². The number of anilines is 1. The van der Waals surface area contributed by atoms with Gasteiger partial charge in [-0.1, -0.05) is 0 Å². The highest BCUT2D eigenvalue weighted by Crippen LogP contribution is 2.12. The van der Waals surface area contributed by atoms with Crippen LogP contribution in [0.5, 0.6) is 0 Å². The highest BCUT2D eigenvalue weighted by Gasteiger charge is 2.17. The van der Waals surface area contributed by atoms with Gasteiger partial charge < -0.3 is 15.0 Å². The molecule has 3 N–H and O–H groups in total. The lowest BCUT2D eigenvalue weighted by atomic mass is 10.4. The van der Waals surface area contributed by atoms with E-state index in [0.717, 1.165) is 0 Å². The van der Waals surface area contributed by atoms with Crippen molar-refractivity contribution in [1.82, 2.24) is 24.7 Å². The van der Waals surface area contributed by atoms with Crippen molar-refractivity contribution in [3.8, 4) is 0 Å². The number of hydrogen-bond donors (Lipinski definition) is 2. The maximum atomic E-state index is 11.5. The van der Waals surface area contributed by atoms with E-state index in [1.54, 1.807) is 11.5 Å². The highest BCUT2D eigenvalue weighted by atomic mass is 16.5. The topological polar surface area (TPSA) is 112 Å². The first-order chi connectivity index (χ1) is 8.22. The van der Waals surface area contributed by atoms with Gasteiger partial charge in [0.05, 0.1) is 19.5 Å². The Morgan fingerprint density at radius 2 is 2.41 bits per heavy atom.